The van der Waals surface area contributed by atoms with Gasteiger partial charge in [-0.3, -0.25) is 9.69 Å². The number of piperazine rings is 1. The van der Waals surface area contributed by atoms with Crippen LogP contribution < -0.4 is 9.80 Å². The summed E-state index contributed by atoms with van der Waals surface area (Å²) in [6.07, 6.45) is 2.95. The number of rotatable bonds is 7. The van der Waals surface area contributed by atoms with Crippen LogP contribution >= 0.6 is 11.3 Å². The fourth-order valence-corrected chi connectivity index (χ4v) is 6.58. The number of anilines is 3. The van der Waals surface area contributed by atoms with Crippen LogP contribution in [0.2, 0.25) is 0 Å². The van der Waals surface area contributed by atoms with E-state index in [9.17, 15) is 19.6 Å². The number of fused-ring (bicyclic) bond motifs is 1. The Balaban J connectivity index is 1.22. The summed E-state index contributed by atoms with van der Waals surface area (Å²) >= 11 is 1.30. The van der Waals surface area contributed by atoms with Crippen molar-refractivity contribution in [3.63, 3.8) is 0 Å². The Bertz CT molecular complexity index is 1640. The van der Waals surface area contributed by atoms with E-state index in [-0.39, 0.29) is 11.7 Å². The Hall–Kier alpha value is -4.05. The summed E-state index contributed by atoms with van der Waals surface area (Å²) in [5.74, 6) is -0.248. The fraction of sp³-hybridized carbons (Fsp3) is 0.400. The Morgan fingerprint density at radius 3 is 2.62 bits per heavy atom. The summed E-state index contributed by atoms with van der Waals surface area (Å²) in [5.41, 5.74) is 5.10. The molecule has 2 aliphatic rings. The second-order valence-corrected chi connectivity index (χ2v) is 11.7. The zero-order valence-corrected chi connectivity index (χ0v) is 24.5. The fourth-order valence-electron chi connectivity index (χ4n) is 5.72. The minimum Gasteiger partial charge on any atom is -0.391 e. The summed E-state index contributed by atoms with van der Waals surface area (Å²) in [6.45, 7) is 6.67. The highest BCUT2D eigenvalue weighted by molar-refractivity contribution is 7.16. The Labute approximate surface area is 247 Å². The Morgan fingerprint density at radius 2 is 1.95 bits per heavy atom. The van der Waals surface area contributed by atoms with E-state index in [1.807, 2.05) is 22.7 Å². The molecule has 10 nitrogen and oxygen atoms in total. The number of aliphatic hydroxyl groups excluding tert-OH is 1. The predicted octanol–water partition coefficient (Wildman–Crippen LogP) is 3.51. The van der Waals surface area contributed by atoms with Crippen LogP contribution in [0.4, 0.5) is 20.9 Å². The molecular weight excluding hydrogens is 555 g/mol. The number of pyridine rings is 1. The number of nitrogens with zero attached hydrogens (tertiary/aromatic N) is 8. The molecule has 6 rings (SSSR count). The average Bonchev–Trinajstić information content (AvgIpc) is 3.73. The van der Waals surface area contributed by atoms with E-state index < -0.39 is 6.10 Å². The van der Waals surface area contributed by atoms with Gasteiger partial charge in [0.2, 0.25) is 5.91 Å². The molecule has 1 N–H and O–H groups in total. The number of β-amino-alcohol motifs (C(OH)–C–C–N with tert-alkyl or cyclic N) is 1. The van der Waals surface area contributed by atoms with Crippen LogP contribution in [0.3, 0.4) is 0 Å². The third-order valence-electron chi connectivity index (χ3n) is 8.07. The second kappa shape index (κ2) is 11.7. The lowest BCUT2D eigenvalue weighted by Gasteiger charge is -2.36. The molecular formula is C30H33FN8O2S. The highest BCUT2D eigenvalue weighted by Gasteiger charge is 2.28. The van der Waals surface area contributed by atoms with Crippen LogP contribution in [0.5, 0.6) is 0 Å². The zero-order chi connectivity index (χ0) is 29.4. The standard InChI is InChI=1S/C30H33FN8O2S/c1-3-24-29(35(2)30-33-28(26(17-32)42-30)20-4-6-21(31)7-5-20)25-16-22(8-11-39(25)34-24)37-14-12-36(13-15-37)19-27(41)38-10-9-23(40)18-38/h4-8,11,16,23,40H,3,9-10,12-15,18-19H2,1-2H3/t23-/m1/s1. The van der Waals surface area contributed by atoms with Crippen molar-refractivity contribution in [2.45, 2.75) is 25.9 Å². The molecule has 0 aliphatic carbocycles. The van der Waals surface area contributed by atoms with Gasteiger partial charge >= 0.3 is 0 Å². The quantitative estimate of drug-likeness (QED) is 0.350. The van der Waals surface area contributed by atoms with Crippen molar-refractivity contribution in [3.8, 4) is 17.3 Å². The first kappa shape index (κ1) is 28.1. The molecule has 2 aliphatic heterocycles. The molecule has 0 radical (unpaired) electrons. The van der Waals surface area contributed by atoms with E-state index in [0.717, 1.165) is 55.2 Å². The van der Waals surface area contributed by atoms with Gasteiger partial charge in [-0.1, -0.05) is 18.3 Å². The molecule has 1 amide bonds. The first-order chi connectivity index (χ1) is 20.3. The second-order valence-electron chi connectivity index (χ2n) is 10.8. The number of likely N-dealkylation sites (tertiary alicyclic amines) is 1. The number of amides is 1. The van der Waals surface area contributed by atoms with Gasteiger partial charge in [0.25, 0.3) is 0 Å². The van der Waals surface area contributed by atoms with Gasteiger partial charge in [-0.05, 0) is 49.2 Å². The lowest BCUT2D eigenvalue weighted by atomic mass is 10.1. The number of thiazole rings is 1. The van der Waals surface area contributed by atoms with Gasteiger partial charge in [0.1, 0.15) is 22.5 Å². The molecule has 0 bridgehead atoms. The van der Waals surface area contributed by atoms with Gasteiger partial charge in [0.15, 0.2) is 5.13 Å². The number of aliphatic hydroxyl groups is 1. The van der Waals surface area contributed by atoms with Crippen molar-refractivity contribution in [1.29, 1.82) is 5.26 Å². The smallest absolute Gasteiger partial charge is 0.236 e. The summed E-state index contributed by atoms with van der Waals surface area (Å²) in [4.78, 5) is 26.2. The van der Waals surface area contributed by atoms with Crippen molar-refractivity contribution < 1.29 is 14.3 Å². The summed E-state index contributed by atoms with van der Waals surface area (Å²) in [5, 5.41) is 25.1. The third-order valence-corrected chi connectivity index (χ3v) is 9.10. The van der Waals surface area contributed by atoms with E-state index >= 15 is 0 Å². The number of benzene rings is 1. The molecule has 2 fully saturated rings. The summed E-state index contributed by atoms with van der Waals surface area (Å²) in [6, 6.07) is 12.5. The van der Waals surface area contributed by atoms with Crippen LogP contribution in [0.1, 0.15) is 23.9 Å². The third kappa shape index (κ3) is 5.43. The number of aryl methyl sites for hydroxylation is 1. The van der Waals surface area contributed by atoms with Gasteiger partial charge in [0, 0.05) is 63.8 Å². The average molecular weight is 589 g/mol. The van der Waals surface area contributed by atoms with Crippen LogP contribution in [0.15, 0.2) is 42.6 Å². The first-order valence-electron chi connectivity index (χ1n) is 14.2. The van der Waals surface area contributed by atoms with Gasteiger partial charge in [-0.25, -0.2) is 13.9 Å². The molecule has 2 saturated heterocycles. The predicted molar refractivity (Wildman–Crippen MR) is 161 cm³/mol. The molecule has 1 aromatic carbocycles. The Kier molecular flexibility index (Phi) is 7.81. The zero-order valence-electron chi connectivity index (χ0n) is 23.7. The van der Waals surface area contributed by atoms with Gasteiger partial charge < -0.3 is 19.8 Å². The van der Waals surface area contributed by atoms with Crippen molar-refractivity contribution in [2.75, 3.05) is 62.7 Å². The maximum atomic E-state index is 13.5. The first-order valence-corrected chi connectivity index (χ1v) is 15.0. The topological polar surface area (TPSA) is 104 Å². The van der Waals surface area contributed by atoms with Crippen molar-refractivity contribution in [2.24, 2.45) is 0 Å². The molecule has 3 aromatic heterocycles. The van der Waals surface area contributed by atoms with E-state index in [1.54, 1.807) is 17.0 Å². The highest BCUT2D eigenvalue weighted by Crippen LogP contribution is 2.39. The molecule has 12 heteroatoms. The Morgan fingerprint density at radius 1 is 1.19 bits per heavy atom. The van der Waals surface area contributed by atoms with E-state index in [0.29, 0.717) is 47.3 Å². The number of carbonyl (C=O) groups excluding carboxylic acids is 1. The van der Waals surface area contributed by atoms with Crippen molar-refractivity contribution in [1.82, 2.24) is 24.4 Å². The number of halogens is 1. The SMILES string of the molecule is CCc1nn2ccc(N3CCN(CC(=O)N4CC[C@@H](O)C4)CC3)cc2c1N(C)c1nc(-c2ccc(F)cc2)c(C#N)s1. The summed E-state index contributed by atoms with van der Waals surface area (Å²) in [7, 11) is 1.94. The molecule has 4 aromatic rings. The number of carbonyl (C=O) groups is 1. The summed E-state index contributed by atoms with van der Waals surface area (Å²) < 4.78 is 15.4. The molecule has 0 unspecified atom stereocenters. The molecule has 0 saturated carbocycles. The number of hydrogen-bond donors (Lipinski definition) is 1. The van der Waals surface area contributed by atoms with E-state index in [2.05, 4.69) is 34.9 Å². The van der Waals surface area contributed by atoms with Gasteiger partial charge in [-0.2, -0.15) is 10.4 Å². The van der Waals surface area contributed by atoms with Crippen LogP contribution in [-0.2, 0) is 11.2 Å². The maximum Gasteiger partial charge on any atom is 0.236 e. The van der Waals surface area contributed by atoms with Gasteiger partial charge in [-0.15, -0.1) is 0 Å². The monoisotopic (exact) mass is 588 g/mol. The normalized spacial score (nSPS) is 17.6. The molecule has 5 heterocycles. The lowest BCUT2D eigenvalue weighted by molar-refractivity contribution is -0.131. The highest BCUT2D eigenvalue weighted by atomic mass is 32.1. The minimum absolute atomic E-state index is 0.0878. The number of nitriles is 1. The van der Waals surface area contributed by atoms with Crippen molar-refractivity contribution >= 4 is 39.3 Å². The number of hydrogen-bond acceptors (Lipinski definition) is 9. The number of aromatic nitrogens is 3. The van der Waals surface area contributed by atoms with Crippen LogP contribution in [0, 0.1) is 17.1 Å². The van der Waals surface area contributed by atoms with Gasteiger partial charge in [0.05, 0.1) is 29.5 Å². The molecule has 218 valence electrons. The maximum absolute atomic E-state index is 13.5. The van der Waals surface area contributed by atoms with Crippen molar-refractivity contribution in [3.05, 3.63) is 59.0 Å². The lowest BCUT2D eigenvalue weighted by Crippen LogP contribution is -2.50. The van der Waals surface area contributed by atoms with Crippen LogP contribution in [0.25, 0.3) is 16.8 Å². The van der Waals surface area contributed by atoms with Crippen LogP contribution in [-0.4, -0.2) is 94.4 Å². The van der Waals surface area contributed by atoms with E-state index in [1.165, 1.54) is 23.5 Å². The largest absolute Gasteiger partial charge is 0.391 e. The van der Waals surface area contributed by atoms with E-state index in [4.69, 9.17) is 10.1 Å². The molecule has 0 spiro atoms. The molecule has 1 atom stereocenters. The minimum atomic E-state index is -0.401. The molecule has 42 heavy (non-hydrogen) atoms.